The summed E-state index contributed by atoms with van der Waals surface area (Å²) in [7, 11) is 0. The van der Waals surface area contributed by atoms with E-state index >= 15 is 0 Å². The highest BCUT2D eigenvalue weighted by Crippen LogP contribution is 2.39. The standard InChI is InChI=1S/C13H26N2O/c1-10-4-3-5-11(2)15(10)8-13(14,9-16)12-6-7-12/h10-12,16H,3-9,14H2,1-2H3. The van der Waals surface area contributed by atoms with Crippen LogP contribution in [0.3, 0.4) is 0 Å². The van der Waals surface area contributed by atoms with Crippen LogP contribution < -0.4 is 5.73 Å². The van der Waals surface area contributed by atoms with Gasteiger partial charge in [0.25, 0.3) is 0 Å². The molecule has 3 N–H and O–H groups in total. The molecule has 0 aromatic carbocycles. The molecule has 3 heteroatoms. The summed E-state index contributed by atoms with van der Waals surface area (Å²) < 4.78 is 0. The van der Waals surface area contributed by atoms with E-state index in [9.17, 15) is 5.11 Å². The third kappa shape index (κ3) is 2.41. The third-order valence-electron chi connectivity index (χ3n) is 4.54. The lowest BCUT2D eigenvalue weighted by Gasteiger charge is -2.44. The fraction of sp³-hybridized carbons (Fsp3) is 1.00. The van der Waals surface area contributed by atoms with E-state index in [0.717, 1.165) is 6.54 Å². The summed E-state index contributed by atoms with van der Waals surface area (Å²) in [5, 5.41) is 9.55. The van der Waals surface area contributed by atoms with Gasteiger partial charge in [-0.3, -0.25) is 4.90 Å². The largest absolute Gasteiger partial charge is 0.394 e. The molecule has 1 heterocycles. The van der Waals surface area contributed by atoms with Crippen LogP contribution in [0.4, 0.5) is 0 Å². The molecule has 2 aliphatic rings. The highest BCUT2D eigenvalue weighted by Gasteiger charge is 2.44. The van der Waals surface area contributed by atoms with Crippen LogP contribution in [-0.4, -0.2) is 40.8 Å². The SMILES string of the molecule is CC1CCCC(C)N1CC(N)(CO)C1CC1. The molecule has 0 amide bonds. The maximum atomic E-state index is 9.55. The van der Waals surface area contributed by atoms with Crippen LogP contribution in [0.25, 0.3) is 0 Å². The summed E-state index contributed by atoms with van der Waals surface area (Å²) in [6.07, 6.45) is 6.29. The zero-order chi connectivity index (χ0) is 11.8. The molecule has 1 saturated carbocycles. The van der Waals surface area contributed by atoms with Gasteiger partial charge in [-0.05, 0) is 45.4 Å². The number of hydrogen-bond acceptors (Lipinski definition) is 3. The molecule has 0 bridgehead atoms. The molecule has 1 aliphatic carbocycles. The van der Waals surface area contributed by atoms with Crippen molar-refractivity contribution in [2.24, 2.45) is 11.7 Å². The van der Waals surface area contributed by atoms with Gasteiger partial charge in [0.2, 0.25) is 0 Å². The molecule has 0 aromatic heterocycles. The van der Waals surface area contributed by atoms with E-state index in [0.29, 0.717) is 18.0 Å². The van der Waals surface area contributed by atoms with Crippen molar-refractivity contribution in [1.82, 2.24) is 4.90 Å². The Hall–Kier alpha value is -0.120. The zero-order valence-electron chi connectivity index (χ0n) is 10.7. The van der Waals surface area contributed by atoms with E-state index in [4.69, 9.17) is 5.73 Å². The van der Waals surface area contributed by atoms with E-state index in [1.54, 1.807) is 0 Å². The van der Waals surface area contributed by atoms with E-state index in [1.807, 2.05) is 0 Å². The van der Waals surface area contributed by atoms with Crippen molar-refractivity contribution in [2.75, 3.05) is 13.2 Å². The number of rotatable bonds is 4. The summed E-state index contributed by atoms with van der Waals surface area (Å²) in [5.41, 5.74) is 6.02. The number of piperidine rings is 1. The molecular formula is C13H26N2O. The van der Waals surface area contributed by atoms with Gasteiger partial charge < -0.3 is 10.8 Å². The van der Waals surface area contributed by atoms with Crippen molar-refractivity contribution >= 4 is 0 Å². The number of likely N-dealkylation sites (tertiary alicyclic amines) is 1. The smallest absolute Gasteiger partial charge is 0.0626 e. The molecule has 0 spiro atoms. The van der Waals surface area contributed by atoms with Gasteiger partial charge in [-0.2, -0.15) is 0 Å². The lowest BCUT2D eigenvalue weighted by atomic mass is 9.90. The fourth-order valence-electron chi connectivity index (χ4n) is 3.09. The average Bonchev–Trinajstić information content (AvgIpc) is 3.07. The second-order valence-electron chi connectivity index (χ2n) is 5.97. The van der Waals surface area contributed by atoms with Crippen molar-refractivity contribution in [2.45, 2.75) is 63.6 Å². The second kappa shape index (κ2) is 4.63. The van der Waals surface area contributed by atoms with Gasteiger partial charge in [-0.25, -0.2) is 0 Å². The first-order chi connectivity index (χ1) is 7.57. The molecule has 94 valence electrons. The summed E-state index contributed by atoms with van der Waals surface area (Å²) >= 11 is 0. The summed E-state index contributed by atoms with van der Waals surface area (Å²) in [6.45, 7) is 5.59. The van der Waals surface area contributed by atoms with E-state index in [2.05, 4.69) is 18.7 Å². The van der Waals surface area contributed by atoms with Crippen LogP contribution in [-0.2, 0) is 0 Å². The van der Waals surface area contributed by atoms with Gasteiger partial charge in [0.05, 0.1) is 12.1 Å². The first kappa shape index (κ1) is 12.3. The van der Waals surface area contributed by atoms with Crippen LogP contribution in [0.1, 0.15) is 46.0 Å². The first-order valence-corrected chi connectivity index (χ1v) is 6.72. The van der Waals surface area contributed by atoms with Crippen molar-refractivity contribution in [1.29, 1.82) is 0 Å². The normalized spacial score (nSPS) is 36.0. The van der Waals surface area contributed by atoms with Gasteiger partial charge in [-0.1, -0.05) is 6.42 Å². The maximum absolute atomic E-state index is 9.55. The number of nitrogens with two attached hydrogens (primary N) is 1. The van der Waals surface area contributed by atoms with Crippen molar-refractivity contribution in [3.8, 4) is 0 Å². The molecule has 0 aromatic rings. The summed E-state index contributed by atoms with van der Waals surface area (Å²) in [5.74, 6) is 0.554. The Kier molecular flexibility index (Phi) is 3.57. The quantitative estimate of drug-likeness (QED) is 0.761. The van der Waals surface area contributed by atoms with Gasteiger partial charge in [0.15, 0.2) is 0 Å². The van der Waals surface area contributed by atoms with Crippen LogP contribution >= 0.6 is 0 Å². The monoisotopic (exact) mass is 226 g/mol. The Labute approximate surface area is 99.0 Å². The lowest BCUT2D eigenvalue weighted by Crippen LogP contribution is -2.59. The first-order valence-electron chi connectivity index (χ1n) is 6.72. The molecule has 1 saturated heterocycles. The lowest BCUT2D eigenvalue weighted by molar-refractivity contribution is 0.0476. The number of aliphatic hydroxyl groups excluding tert-OH is 1. The number of hydrogen-bond donors (Lipinski definition) is 2. The molecule has 16 heavy (non-hydrogen) atoms. The predicted molar refractivity (Wildman–Crippen MR) is 66.2 cm³/mol. The van der Waals surface area contributed by atoms with Crippen LogP contribution in [0.2, 0.25) is 0 Å². The highest BCUT2D eigenvalue weighted by molar-refractivity contribution is 5.01. The van der Waals surface area contributed by atoms with Crippen LogP contribution in [0.5, 0.6) is 0 Å². The van der Waals surface area contributed by atoms with E-state index < -0.39 is 0 Å². The van der Waals surface area contributed by atoms with Crippen molar-refractivity contribution in [3.05, 3.63) is 0 Å². The Morgan fingerprint density at radius 2 is 1.75 bits per heavy atom. The van der Waals surface area contributed by atoms with Crippen LogP contribution in [0, 0.1) is 5.92 Å². The molecule has 3 unspecified atom stereocenters. The minimum atomic E-state index is -0.347. The summed E-state index contributed by atoms with van der Waals surface area (Å²) in [6, 6.07) is 1.24. The van der Waals surface area contributed by atoms with Crippen molar-refractivity contribution < 1.29 is 5.11 Å². The average molecular weight is 226 g/mol. The number of nitrogens with zero attached hydrogens (tertiary/aromatic N) is 1. The Bertz CT molecular complexity index is 232. The number of aliphatic hydroxyl groups is 1. The van der Waals surface area contributed by atoms with Gasteiger partial charge in [-0.15, -0.1) is 0 Å². The predicted octanol–water partition coefficient (Wildman–Crippen LogP) is 1.35. The molecular weight excluding hydrogens is 200 g/mol. The van der Waals surface area contributed by atoms with Gasteiger partial charge in [0, 0.05) is 18.6 Å². The van der Waals surface area contributed by atoms with E-state index in [-0.39, 0.29) is 12.1 Å². The molecule has 0 radical (unpaired) electrons. The Morgan fingerprint density at radius 3 is 2.19 bits per heavy atom. The minimum absolute atomic E-state index is 0.133. The van der Waals surface area contributed by atoms with Gasteiger partial charge in [0.1, 0.15) is 0 Å². The molecule has 3 atom stereocenters. The van der Waals surface area contributed by atoms with E-state index in [1.165, 1.54) is 32.1 Å². The maximum Gasteiger partial charge on any atom is 0.0626 e. The zero-order valence-corrected chi connectivity index (χ0v) is 10.7. The topological polar surface area (TPSA) is 49.5 Å². The molecule has 2 rings (SSSR count). The summed E-state index contributed by atoms with van der Waals surface area (Å²) in [4.78, 5) is 2.51. The Morgan fingerprint density at radius 1 is 1.19 bits per heavy atom. The fourth-order valence-corrected chi connectivity index (χ4v) is 3.09. The molecule has 3 nitrogen and oxygen atoms in total. The third-order valence-corrected chi connectivity index (χ3v) is 4.54. The minimum Gasteiger partial charge on any atom is -0.394 e. The molecule has 2 fully saturated rings. The molecule has 1 aliphatic heterocycles. The second-order valence-corrected chi connectivity index (χ2v) is 5.97. The van der Waals surface area contributed by atoms with Crippen LogP contribution in [0.15, 0.2) is 0 Å². The highest BCUT2D eigenvalue weighted by atomic mass is 16.3. The Balaban J connectivity index is 2.00. The van der Waals surface area contributed by atoms with Crippen molar-refractivity contribution in [3.63, 3.8) is 0 Å². The van der Waals surface area contributed by atoms with Gasteiger partial charge >= 0.3 is 0 Å².